The first-order valence-corrected chi connectivity index (χ1v) is 7.05. The van der Waals surface area contributed by atoms with Gasteiger partial charge in [0.2, 0.25) is 11.8 Å². The number of hydrogen-bond donors (Lipinski definition) is 2. The number of rotatable bonds is 5. The molecule has 0 bridgehead atoms. The van der Waals surface area contributed by atoms with Crippen LogP contribution in [0.1, 0.15) is 27.2 Å². The minimum absolute atomic E-state index is 0.00153. The van der Waals surface area contributed by atoms with Gasteiger partial charge >= 0.3 is 0 Å². The van der Waals surface area contributed by atoms with Crippen LogP contribution < -0.4 is 10.6 Å². The van der Waals surface area contributed by atoms with E-state index < -0.39 is 6.04 Å². The van der Waals surface area contributed by atoms with Crippen LogP contribution in [-0.4, -0.2) is 49.9 Å². The van der Waals surface area contributed by atoms with E-state index in [0.29, 0.717) is 24.8 Å². The van der Waals surface area contributed by atoms with Crippen molar-refractivity contribution in [2.45, 2.75) is 33.2 Å². The highest BCUT2D eigenvalue weighted by atomic mass is 16.2. The van der Waals surface area contributed by atoms with Gasteiger partial charge in [-0.2, -0.15) is 0 Å². The lowest BCUT2D eigenvalue weighted by Gasteiger charge is -2.25. The predicted molar refractivity (Wildman–Crippen MR) is 75.6 cm³/mol. The number of nitrogens with one attached hydrogen (secondary N) is 2. The van der Waals surface area contributed by atoms with Crippen molar-refractivity contribution < 1.29 is 9.59 Å². The number of carbonyl (C=O) groups excluding carboxylic acids is 2. The van der Waals surface area contributed by atoms with Crippen LogP contribution in [0.5, 0.6) is 0 Å². The third-order valence-corrected chi connectivity index (χ3v) is 3.62. The monoisotopic (exact) mass is 269 g/mol. The van der Waals surface area contributed by atoms with Crippen LogP contribution in [0.25, 0.3) is 0 Å². The molecule has 0 radical (unpaired) electrons. The van der Waals surface area contributed by atoms with Gasteiger partial charge in [0.1, 0.15) is 6.04 Å². The number of likely N-dealkylation sites (N-methyl/N-ethyl adjacent to an activating group) is 1. The highest BCUT2D eigenvalue weighted by Gasteiger charge is 2.32. The molecule has 1 rings (SSSR count). The van der Waals surface area contributed by atoms with E-state index >= 15 is 0 Å². The first-order chi connectivity index (χ1) is 8.82. The summed E-state index contributed by atoms with van der Waals surface area (Å²) < 4.78 is 0. The Labute approximate surface area is 116 Å². The Morgan fingerprint density at radius 3 is 2.37 bits per heavy atom. The molecule has 19 heavy (non-hydrogen) atoms. The molecule has 0 aromatic heterocycles. The molecule has 2 amide bonds. The fourth-order valence-electron chi connectivity index (χ4n) is 2.44. The van der Waals surface area contributed by atoms with Crippen LogP contribution in [-0.2, 0) is 9.59 Å². The molecule has 0 saturated carbocycles. The molecule has 0 spiro atoms. The van der Waals surface area contributed by atoms with Crippen molar-refractivity contribution >= 4 is 11.8 Å². The first-order valence-electron chi connectivity index (χ1n) is 7.05. The Bertz CT molecular complexity index is 329. The molecule has 1 fully saturated rings. The molecule has 2 N–H and O–H groups in total. The lowest BCUT2D eigenvalue weighted by molar-refractivity contribution is -0.136. The quantitative estimate of drug-likeness (QED) is 0.762. The van der Waals surface area contributed by atoms with Crippen molar-refractivity contribution in [1.29, 1.82) is 0 Å². The summed E-state index contributed by atoms with van der Waals surface area (Å²) in [5.41, 5.74) is 0. The molecule has 1 unspecified atom stereocenters. The molecule has 0 aliphatic carbocycles. The smallest absolute Gasteiger partial charge is 0.244 e. The molecule has 1 aliphatic rings. The minimum Gasteiger partial charge on any atom is -0.347 e. The van der Waals surface area contributed by atoms with Gasteiger partial charge in [0.15, 0.2) is 0 Å². The van der Waals surface area contributed by atoms with E-state index in [1.165, 1.54) is 0 Å². The van der Waals surface area contributed by atoms with Crippen LogP contribution in [0.2, 0.25) is 0 Å². The van der Waals surface area contributed by atoms with E-state index in [-0.39, 0.29) is 17.7 Å². The molecule has 0 aromatic rings. The standard InChI is InChI=1S/C14H27N3O2/c1-9(2)6-12(14(19)17(4)5)16-13(18)11-8-15-7-10(11)3/h9-12,15H,6-8H2,1-5H3,(H,16,18)/t10-,11-,12?/m1/s1. The summed E-state index contributed by atoms with van der Waals surface area (Å²) in [7, 11) is 3.45. The van der Waals surface area contributed by atoms with Gasteiger partial charge in [-0.05, 0) is 24.8 Å². The maximum Gasteiger partial charge on any atom is 0.244 e. The zero-order chi connectivity index (χ0) is 14.6. The van der Waals surface area contributed by atoms with Gasteiger partial charge in [-0.1, -0.05) is 20.8 Å². The second-order valence-corrected chi connectivity index (χ2v) is 6.17. The molecule has 5 heteroatoms. The van der Waals surface area contributed by atoms with Crippen LogP contribution in [0, 0.1) is 17.8 Å². The molecular weight excluding hydrogens is 242 g/mol. The first kappa shape index (κ1) is 16.0. The number of nitrogens with zero attached hydrogens (tertiary/aromatic N) is 1. The lowest BCUT2D eigenvalue weighted by Crippen LogP contribution is -2.49. The highest BCUT2D eigenvalue weighted by molar-refractivity contribution is 5.88. The summed E-state index contributed by atoms with van der Waals surface area (Å²) in [6.07, 6.45) is 0.678. The van der Waals surface area contributed by atoms with Gasteiger partial charge in [0, 0.05) is 20.6 Å². The molecule has 1 heterocycles. The molecule has 3 atom stereocenters. The Kier molecular flexibility index (Phi) is 5.79. The molecule has 1 saturated heterocycles. The SMILES string of the molecule is CC(C)CC(NC(=O)[C@@H]1CNC[C@H]1C)C(=O)N(C)C. The number of carbonyl (C=O) groups is 2. The molecular formula is C14H27N3O2. The van der Waals surface area contributed by atoms with Gasteiger partial charge in [0.05, 0.1) is 5.92 Å². The minimum atomic E-state index is -0.407. The van der Waals surface area contributed by atoms with E-state index in [9.17, 15) is 9.59 Å². The summed E-state index contributed by atoms with van der Waals surface area (Å²) in [4.78, 5) is 25.9. The number of hydrogen-bond acceptors (Lipinski definition) is 3. The normalized spacial score (nSPS) is 24.3. The molecule has 5 nitrogen and oxygen atoms in total. The fourth-order valence-corrected chi connectivity index (χ4v) is 2.44. The van der Waals surface area contributed by atoms with Crippen LogP contribution in [0.3, 0.4) is 0 Å². The van der Waals surface area contributed by atoms with Crippen molar-refractivity contribution in [2.24, 2.45) is 17.8 Å². The van der Waals surface area contributed by atoms with Crippen LogP contribution >= 0.6 is 0 Å². The van der Waals surface area contributed by atoms with E-state index in [1.807, 2.05) is 0 Å². The van der Waals surface area contributed by atoms with Crippen molar-refractivity contribution in [3.8, 4) is 0 Å². The van der Waals surface area contributed by atoms with Crippen LogP contribution in [0.15, 0.2) is 0 Å². The summed E-state index contributed by atoms with van der Waals surface area (Å²) in [6.45, 7) is 7.76. The van der Waals surface area contributed by atoms with Crippen molar-refractivity contribution in [2.75, 3.05) is 27.2 Å². The van der Waals surface area contributed by atoms with E-state index in [4.69, 9.17) is 0 Å². The van der Waals surface area contributed by atoms with E-state index in [0.717, 1.165) is 6.54 Å². The van der Waals surface area contributed by atoms with Crippen molar-refractivity contribution in [1.82, 2.24) is 15.5 Å². The third-order valence-electron chi connectivity index (χ3n) is 3.62. The average Bonchev–Trinajstić information content (AvgIpc) is 2.72. The van der Waals surface area contributed by atoms with Crippen LogP contribution in [0.4, 0.5) is 0 Å². The lowest BCUT2D eigenvalue weighted by atomic mass is 9.95. The second-order valence-electron chi connectivity index (χ2n) is 6.17. The summed E-state index contributed by atoms with van der Waals surface area (Å²) >= 11 is 0. The summed E-state index contributed by atoms with van der Waals surface area (Å²) in [5, 5.41) is 6.14. The van der Waals surface area contributed by atoms with Gasteiger partial charge in [-0.3, -0.25) is 9.59 Å². The zero-order valence-electron chi connectivity index (χ0n) is 12.7. The fraction of sp³-hybridized carbons (Fsp3) is 0.857. The van der Waals surface area contributed by atoms with Crippen molar-refractivity contribution in [3.63, 3.8) is 0 Å². The highest BCUT2D eigenvalue weighted by Crippen LogP contribution is 2.17. The third kappa shape index (κ3) is 4.49. The molecule has 1 aliphatic heterocycles. The second kappa shape index (κ2) is 6.89. The Morgan fingerprint density at radius 2 is 1.95 bits per heavy atom. The van der Waals surface area contributed by atoms with Gasteiger partial charge in [-0.15, -0.1) is 0 Å². The van der Waals surface area contributed by atoms with Gasteiger partial charge in [0.25, 0.3) is 0 Å². The topological polar surface area (TPSA) is 61.4 Å². The maximum absolute atomic E-state index is 12.3. The average molecular weight is 269 g/mol. The Morgan fingerprint density at radius 1 is 1.32 bits per heavy atom. The Balaban J connectivity index is 2.66. The maximum atomic E-state index is 12.3. The zero-order valence-corrected chi connectivity index (χ0v) is 12.7. The van der Waals surface area contributed by atoms with Gasteiger partial charge in [-0.25, -0.2) is 0 Å². The largest absolute Gasteiger partial charge is 0.347 e. The number of amides is 2. The summed E-state index contributed by atoms with van der Waals surface area (Å²) in [5.74, 6) is 0.645. The van der Waals surface area contributed by atoms with Gasteiger partial charge < -0.3 is 15.5 Å². The van der Waals surface area contributed by atoms with E-state index in [1.54, 1.807) is 19.0 Å². The Hall–Kier alpha value is -1.10. The van der Waals surface area contributed by atoms with Crippen molar-refractivity contribution in [3.05, 3.63) is 0 Å². The molecule has 0 aromatic carbocycles. The molecule has 110 valence electrons. The predicted octanol–water partition coefficient (Wildman–Crippen LogP) is 0.461. The summed E-state index contributed by atoms with van der Waals surface area (Å²) in [6, 6.07) is -0.407. The van der Waals surface area contributed by atoms with E-state index in [2.05, 4.69) is 31.4 Å².